The highest BCUT2D eigenvalue weighted by atomic mass is 16.5. The van der Waals surface area contributed by atoms with E-state index in [4.69, 9.17) is 4.74 Å². The first-order valence-corrected chi connectivity index (χ1v) is 7.83. The summed E-state index contributed by atoms with van der Waals surface area (Å²) in [6.45, 7) is 3.67. The molecule has 3 rings (SSSR count). The molecule has 1 aliphatic carbocycles. The summed E-state index contributed by atoms with van der Waals surface area (Å²) in [7, 11) is 3.48. The van der Waals surface area contributed by atoms with Gasteiger partial charge in [0, 0.05) is 38.3 Å². The zero-order valence-corrected chi connectivity index (χ0v) is 13.2. The molecular weight excluding hydrogens is 282 g/mol. The highest BCUT2D eigenvalue weighted by Crippen LogP contribution is 2.24. The number of anilines is 2. The highest BCUT2D eigenvalue weighted by molar-refractivity contribution is 5.88. The van der Waals surface area contributed by atoms with Crippen LogP contribution in [0.3, 0.4) is 0 Å². The van der Waals surface area contributed by atoms with Crippen LogP contribution in [0.1, 0.15) is 29.8 Å². The first kappa shape index (κ1) is 15.0. The van der Waals surface area contributed by atoms with Crippen LogP contribution in [-0.4, -0.2) is 67.2 Å². The van der Waals surface area contributed by atoms with Crippen LogP contribution < -0.4 is 10.2 Å². The largest absolute Gasteiger partial charge is 0.464 e. The summed E-state index contributed by atoms with van der Waals surface area (Å²) in [5, 5.41) is 3.39. The van der Waals surface area contributed by atoms with Crippen molar-refractivity contribution in [3.8, 4) is 0 Å². The fourth-order valence-corrected chi connectivity index (χ4v) is 2.63. The molecule has 7 heteroatoms. The summed E-state index contributed by atoms with van der Waals surface area (Å²) in [6, 6.07) is 2.14. The molecule has 1 aliphatic heterocycles. The Morgan fingerprint density at radius 1 is 1.27 bits per heavy atom. The number of esters is 1. The first-order chi connectivity index (χ1) is 10.7. The number of aromatic nitrogens is 2. The number of hydrogen-bond acceptors (Lipinski definition) is 7. The number of likely N-dealkylation sites (N-methyl/N-ethyl adjacent to an activating group) is 1. The molecule has 2 heterocycles. The van der Waals surface area contributed by atoms with Crippen LogP contribution in [-0.2, 0) is 4.74 Å². The van der Waals surface area contributed by atoms with E-state index in [-0.39, 0.29) is 0 Å². The third-order valence-corrected chi connectivity index (χ3v) is 4.35. The fourth-order valence-electron chi connectivity index (χ4n) is 2.63. The van der Waals surface area contributed by atoms with Gasteiger partial charge in [-0.1, -0.05) is 0 Å². The number of carbonyl (C=O) groups excluding carboxylic acids is 1. The molecule has 0 unspecified atom stereocenters. The Hall–Kier alpha value is -1.89. The number of carbonyl (C=O) groups is 1. The van der Waals surface area contributed by atoms with E-state index < -0.39 is 5.97 Å². The van der Waals surface area contributed by atoms with E-state index in [1.165, 1.54) is 13.5 Å². The van der Waals surface area contributed by atoms with E-state index in [2.05, 4.69) is 32.1 Å². The first-order valence-electron chi connectivity index (χ1n) is 7.83. The van der Waals surface area contributed by atoms with Crippen LogP contribution in [0.4, 0.5) is 11.8 Å². The van der Waals surface area contributed by atoms with E-state index in [1.54, 1.807) is 6.07 Å². The van der Waals surface area contributed by atoms with Gasteiger partial charge in [0.05, 0.1) is 7.11 Å². The van der Waals surface area contributed by atoms with E-state index in [1.807, 2.05) is 0 Å². The predicted octanol–water partition coefficient (Wildman–Crippen LogP) is 0.979. The highest BCUT2D eigenvalue weighted by Gasteiger charge is 2.22. The minimum absolute atomic E-state index is 0.313. The van der Waals surface area contributed by atoms with Gasteiger partial charge in [0.15, 0.2) is 5.69 Å². The average molecular weight is 305 g/mol. The number of hydrogen-bond donors (Lipinski definition) is 1. The Labute approximate surface area is 130 Å². The quantitative estimate of drug-likeness (QED) is 0.831. The van der Waals surface area contributed by atoms with Gasteiger partial charge < -0.3 is 19.9 Å². The summed E-state index contributed by atoms with van der Waals surface area (Å²) < 4.78 is 4.81. The van der Waals surface area contributed by atoms with Crippen LogP contribution in [0.5, 0.6) is 0 Å². The molecule has 0 bridgehead atoms. The minimum Gasteiger partial charge on any atom is -0.464 e. The van der Waals surface area contributed by atoms with Crippen molar-refractivity contribution in [2.45, 2.75) is 25.3 Å². The van der Waals surface area contributed by atoms with Gasteiger partial charge in [0.2, 0.25) is 5.95 Å². The van der Waals surface area contributed by atoms with Crippen LogP contribution in [0.25, 0.3) is 0 Å². The second-order valence-electron chi connectivity index (χ2n) is 5.99. The Morgan fingerprint density at radius 3 is 2.59 bits per heavy atom. The Bertz CT molecular complexity index is 539. The second kappa shape index (κ2) is 6.48. The van der Waals surface area contributed by atoms with E-state index in [0.29, 0.717) is 23.5 Å². The molecule has 1 aromatic heterocycles. The van der Waals surface area contributed by atoms with E-state index in [9.17, 15) is 4.79 Å². The topological polar surface area (TPSA) is 70.6 Å². The summed E-state index contributed by atoms with van der Waals surface area (Å²) in [4.78, 5) is 25.2. The second-order valence-corrected chi connectivity index (χ2v) is 5.99. The molecule has 22 heavy (non-hydrogen) atoms. The molecule has 2 aliphatic rings. The number of ether oxygens (including phenoxy) is 1. The molecule has 1 aromatic rings. The molecule has 1 saturated heterocycles. The van der Waals surface area contributed by atoms with Crippen molar-refractivity contribution in [1.82, 2.24) is 14.9 Å². The maximum atomic E-state index is 11.9. The molecule has 120 valence electrons. The SMILES string of the molecule is COC(=O)c1cc(NC2CCC2)nc(N2CCN(C)CC2)n1. The molecular formula is C15H23N5O2. The number of nitrogens with one attached hydrogen (secondary N) is 1. The third-order valence-electron chi connectivity index (χ3n) is 4.35. The Morgan fingerprint density at radius 2 is 2.00 bits per heavy atom. The van der Waals surface area contributed by atoms with Crippen molar-refractivity contribution >= 4 is 17.7 Å². The molecule has 2 fully saturated rings. The summed E-state index contributed by atoms with van der Waals surface area (Å²) in [6.07, 6.45) is 3.56. The summed E-state index contributed by atoms with van der Waals surface area (Å²) >= 11 is 0. The molecule has 0 radical (unpaired) electrons. The molecule has 1 N–H and O–H groups in total. The summed E-state index contributed by atoms with van der Waals surface area (Å²) in [5.41, 5.74) is 0.313. The average Bonchev–Trinajstić information content (AvgIpc) is 2.50. The van der Waals surface area contributed by atoms with Crippen molar-refractivity contribution in [2.75, 3.05) is 50.6 Å². The van der Waals surface area contributed by atoms with Crippen molar-refractivity contribution in [2.24, 2.45) is 0 Å². The van der Waals surface area contributed by atoms with Crippen LogP contribution >= 0.6 is 0 Å². The van der Waals surface area contributed by atoms with Gasteiger partial charge in [-0.05, 0) is 26.3 Å². The number of methoxy groups -OCH3 is 1. The van der Waals surface area contributed by atoms with Gasteiger partial charge in [-0.3, -0.25) is 0 Å². The predicted molar refractivity (Wildman–Crippen MR) is 84.3 cm³/mol. The maximum absolute atomic E-state index is 11.9. The Kier molecular flexibility index (Phi) is 4.42. The van der Waals surface area contributed by atoms with Gasteiger partial charge in [-0.2, -0.15) is 4.98 Å². The molecule has 0 atom stereocenters. The lowest BCUT2D eigenvalue weighted by molar-refractivity contribution is 0.0594. The van der Waals surface area contributed by atoms with Gasteiger partial charge in [-0.25, -0.2) is 9.78 Å². The van der Waals surface area contributed by atoms with Gasteiger partial charge in [-0.15, -0.1) is 0 Å². The van der Waals surface area contributed by atoms with Crippen molar-refractivity contribution in [3.05, 3.63) is 11.8 Å². The van der Waals surface area contributed by atoms with E-state index >= 15 is 0 Å². The number of piperazine rings is 1. The lowest BCUT2D eigenvalue weighted by Crippen LogP contribution is -2.45. The van der Waals surface area contributed by atoms with E-state index in [0.717, 1.165) is 39.0 Å². The number of rotatable bonds is 4. The lowest BCUT2D eigenvalue weighted by atomic mass is 9.93. The normalized spacial score (nSPS) is 19.6. The van der Waals surface area contributed by atoms with Crippen LogP contribution in [0.2, 0.25) is 0 Å². The molecule has 0 spiro atoms. The molecule has 7 nitrogen and oxygen atoms in total. The fraction of sp³-hybridized carbons (Fsp3) is 0.667. The molecule has 1 saturated carbocycles. The number of nitrogens with zero attached hydrogens (tertiary/aromatic N) is 4. The van der Waals surface area contributed by atoms with Gasteiger partial charge >= 0.3 is 5.97 Å². The van der Waals surface area contributed by atoms with Crippen molar-refractivity contribution in [3.63, 3.8) is 0 Å². The standard InChI is InChI=1S/C15H23N5O2/c1-19-6-8-20(9-7-19)15-17-12(14(21)22-2)10-13(18-15)16-11-4-3-5-11/h10-11H,3-9H2,1-2H3,(H,16,17,18). The lowest BCUT2D eigenvalue weighted by Gasteiger charge is -2.33. The van der Waals surface area contributed by atoms with Crippen molar-refractivity contribution in [1.29, 1.82) is 0 Å². The molecule has 0 amide bonds. The monoisotopic (exact) mass is 305 g/mol. The zero-order chi connectivity index (χ0) is 15.5. The third kappa shape index (κ3) is 3.30. The minimum atomic E-state index is -0.422. The molecule has 0 aromatic carbocycles. The van der Waals surface area contributed by atoms with Crippen molar-refractivity contribution < 1.29 is 9.53 Å². The smallest absolute Gasteiger partial charge is 0.356 e. The van der Waals surface area contributed by atoms with Gasteiger partial charge in [0.1, 0.15) is 5.82 Å². The van der Waals surface area contributed by atoms with Gasteiger partial charge in [0.25, 0.3) is 0 Å². The Balaban J connectivity index is 1.83. The zero-order valence-electron chi connectivity index (χ0n) is 13.2. The summed E-state index contributed by atoms with van der Waals surface area (Å²) in [5.74, 6) is 0.904. The van der Waals surface area contributed by atoms with Crippen LogP contribution in [0, 0.1) is 0 Å². The maximum Gasteiger partial charge on any atom is 0.356 e. The van der Waals surface area contributed by atoms with Crippen LogP contribution in [0.15, 0.2) is 6.07 Å².